The molecule has 0 spiro atoms. The monoisotopic (exact) mass is 470 g/mol. The first-order chi connectivity index (χ1) is 16.5. The van der Waals surface area contributed by atoms with Gasteiger partial charge in [0.05, 0.1) is 18.5 Å². The van der Waals surface area contributed by atoms with Crippen LogP contribution in [0.5, 0.6) is 11.5 Å². The van der Waals surface area contributed by atoms with Gasteiger partial charge in [-0.1, -0.05) is 42.5 Å². The van der Waals surface area contributed by atoms with E-state index in [9.17, 15) is 14.7 Å². The van der Waals surface area contributed by atoms with Crippen molar-refractivity contribution in [3.05, 3.63) is 102 Å². The van der Waals surface area contributed by atoms with Crippen molar-refractivity contribution < 1.29 is 19.4 Å². The summed E-state index contributed by atoms with van der Waals surface area (Å²) in [7, 11) is 1.44. The van der Waals surface area contributed by atoms with Gasteiger partial charge in [0, 0.05) is 5.56 Å². The molecule has 0 aliphatic carbocycles. The summed E-state index contributed by atoms with van der Waals surface area (Å²) in [5.41, 5.74) is 2.11. The molecule has 6 nitrogen and oxygen atoms in total. The zero-order valence-electron chi connectivity index (χ0n) is 18.5. The minimum Gasteiger partial charge on any atom is -0.504 e. The predicted molar refractivity (Wildman–Crippen MR) is 137 cm³/mol. The van der Waals surface area contributed by atoms with Gasteiger partial charge in [-0.25, -0.2) is 0 Å². The van der Waals surface area contributed by atoms with Crippen LogP contribution in [0, 0.1) is 0 Å². The molecular weight excluding hydrogens is 448 g/mol. The van der Waals surface area contributed by atoms with Crippen molar-refractivity contribution in [2.24, 2.45) is 0 Å². The number of nitrogens with zero attached hydrogens (tertiary/aromatic N) is 2. The van der Waals surface area contributed by atoms with Crippen LogP contribution in [0.15, 0.2) is 91.0 Å². The second-order valence-corrected chi connectivity index (χ2v) is 7.88. The number of hydrogen-bond donors (Lipinski definition) is 1. The summed E-state index contributed by atoms with van der Waals surface area (Å²) in [5.74, 6) is -0.850. The summed E-state index contributed by atoms with van der Waals surface area (Å²) in [5, 5.41) is 10.5. The van der Waals surface area contributed by atoms with Crippen LogP contribution >= 0.6 is 12.2 Å². The Morgan fingerprint density at radius 2 is 1.47 bits per heavy atom. The zero-order chi connectivity index (χ0) is 24.2. The molecule has 3 aromatic carbocycles. The van der Waals surface area contributed by atoms with Crippen LogP contribution < -0.4 is 14.5 Å². The van der Waals surface area contributed by atoms with Crippen molar-refractivity contribution >= 4 is 46.6 Å². The number of phenols is 1. The molecule has 170 valence electrons. The Labute approximate surface area is 203 Å². The summed E-state index contributed by atoms with van der Waals surface area (Å²) in [6.45, 7) is 3.71. The SMILES string of the molecule is C=CCc1cc(C=C2C(=O)N(c3ccccc3)C(=S)N(c3ccccc3)C2=O)cc(OC)c1O. The van der Waals surface area contributed by atoms with Gasteiger partial charge in [0.25, 0.3) is 11.8 Å². The van der Waals surface area contributed by atoms with Gasteiger partial charge in [-0.3, -0.25) is 19.4 Å². The number of rotatable bonds is 6. The third kappa shape index (κ3) is 4.21. The van der Waals surface area contributed by atoms with Gasteiger partial charge in [0.2, 0.25) is 0 Å². The van der Waals surface area contributed by atoms with Crippen LogP contribution in [-0.2, 0) is 16.0 Å². The van der Waals surface area contributed by atoms with E-state index in [0.29, 0.717) is 28.9 Å². The number of aromatic hydroxyl groups is 1. The Bertz CT molecular complexity index is 1240. The second-order valence-electron chi connectivity index (χ2n) is 7.52. The molecule has 4 rings (SSSR count). The van der Waals surface area contributed by atoms with Gasteiger partial charge in [-0.15, -0.1) is 6.58 Å². The first-order valence-electron chi connectivity index (χ1n) is 10.5. The molecule has 2 amide bonds. The van der Waals surface area contributed by atoms with Crippen molar-refractivity contribution in [3.8, 4) is 11.5 Å². The number of carbonyl (C=O) groups excluding carboxylic acids is 2. The lowest BCUT2D eigenvalue weighted by Crippen LogP contribution is -2.56. The number of thiocarbonyl (C=S) groups is 1. The average molecular weight is 471 g/mol. The maximum absolute atomic E-state index is 13.6. The third-order valence-electron chi connectivity index (χ3n) is 5.35. The number of hydrogen-bond acceptors (Lipinski definition) is 5. The number of para-hydroxylation sites is 2. The maximum atomic E-state index is 13.6. The van der Waals surface area contributed by atoms with Gasteiger partial charge >= 0.3 is 0 Å². The van der Waals surface area contributed by atoms with Crippen LogP contribution in [0.1, 0.15) is 11.1 Å². The fourth-order valence-electron chi connectivity index (χ4n) is 3.75. The highest BCUT2D eigenvalue weighted by Crippen LogP contribution is 2.34. The van der Waals surface area contributed by atoms with E-state index in [1.807, 2.05) is 12.1 Å². The molecule has 7 heteroatoms. The molecule has 0 aromatic heterocycles. The highest BCUT2D eigenvalue weighted by atomic mass is 32.1. The highest BCUT2D eigenvalue weighted by Gasteiger charge is 2.41. The number of benzene rings is 3. The van der Waals surface area contributed by atoms with E-state index < -0.39 is 11.8 Å². The Balaban J connectivity index is 1.89. The molecule has 1 heterocycles. The summed E-state index contributed by atoms with van der Waals surface area (Å²) in [4.78, 5) is 29.9. The topological polar surface area (TPSA) is 70.1 Å². The Hall–Kier alpha value is -4.23. The smallest absolute Gasteiger partial charge is 0.270 e. The standard InChI is InChI=1S/C27H22N2O4S/c1-3-10-19-15-18(17-23(33-2)24(19)30)16-22-25(31)28(20-11-6-4-7-12-20)27(34)29(26(22)32)21-13-8-5-9-14-21/h3-9,11-17,30H,1,10H2,2H3. The summed E-state index contributed by atoms with van der Waals surface area (Å²) >= 11 is 5.62. The summed E-state index contributed by atoms with van der Waals surface area (Å²) in [6, 6.07) is 21.1. The van der Waals surface area contributed by atoms with E-state index >= 15 is 0 Å². The molecule has 1 fully saturated rings. The predicted octanol–water partition coefficient (Wildman–Crippen LogP) is 4.88. The lowest BCUT2D eigenvalue weighted by atomic mass is 10.0. The quantitative estimate of drug-likeness (QED) is 0.241. The van der Waals surface area contributed by atoms with Crippen molar-refractivity contribution in [2.45, 2.75) is 6.42 Å². The molecule has 34 heavy (non-hydrogen) atoms. The van der Waals surface area contributed by atoms with Gasteiger partial charge in [-0.05, 0) is 66.7 Å². The first kappa shape index (κ1) is 22.9. The number of carbonyl (C=O) groups is 2. The molecule has 1 saturated heterocycles. The normalized spacial score (nSPS) is 13.8. The Kier molecular flexibility index (Phi) is 6.56. The largest absolute Gasteiger partial charge is 0.504 e. The number of anilines is 2. The van der Waals surface area contributed by atoms with E-state index in [1.165, 1.54) is 23.0 Å². The van der Waals surface area contributed by atoms with Crippen molar-refractivity contribution in [1.82, 2.24) is 0 Å². The van der Waals surface area contributed by atoms with Gasteiger partial charge in [-0.2, -0.15) is 0 Å². The molecule has 1 aliphatic rings. The van der Waals surface area contributed by atoms with E-state index in [1.54, 1.807) is 66.7 Å². The summed E-state index contributed by atoms with van der Waals surface area (Å²) in [6.07, 6.45) is 3.53. The van der Waals surface area contributed by atoms with Crippen LogP contribution in [0.25, 0.3) is 6.08 Å². The van der Waals surface area contributed by atoms with Gasteiger partial charge in [0.15, 0.2) is 16.6 Å². The fraction of sp³-hybridized carbons (Fsp3) is 0.0741. The zero-order valence-corrected chi connectivity index (χ0v) is 19.3. The van der Waals surface area contributed by atoms with E-state index in [-0.39, 0.29) is 22.2 Å². The van der Waals surface area contributed by atoms with Crippen LogP contribution in [0.4, 0.5) is 11.4 Å². The summed E-state index contributed by atoms with van der Waals surface area (Å²) < 4.78 is 5.29. The molecule has 0 unspecified atom stereocenters. The third-order valence-corrected chi connectivity index (χ3v) is 5.71. The average Bonchev–Trinajstić information content (AvgIpc) is 2.85. The second kappa shape index (κ2) is 9.72. The van der Waals surface area contributed by atoms with Crippen LogP contribution in [0.3, 0.4) is 0 Å². The van der Waals surface area contributed by atoms with Crippen molar-refractivity contribution in [1.29, 1.82) is 0 Å². The van der Waals surface area contributed by atoms with Crippen molar-refractivity contribution in [3.63, 3.8) is 0 Å². The molecular formula is C27H22N2O4S. The van der Waals surface area contributed by atoms with Gasteiger partial charge < -0.3 is 9.84 Å². The number of methoxy groups -OCH3 is 1. The highest BCUT2D eigenvalue weighted by molar-refractivity contribution is 7.81. The van der Waals surface area contributed by atoms with Gasteiger partial charge in [0.1, 0.15) is 5.57 Å². The maximum Gasteiger partial charge on any atom is 0.270 e. The Morgan fingerprint density at radius 3 is 1.94 bits per heavy atom. The number of amides is 2. The van der Waals surface area contributed by atoms with E-state index in [2.05, 4.69) is 6.58 Å². The van der Waals surface area contributed by atoms with Crippen LogP contribution in [0.2, 0.25) is 0 Å². The fourth-order valence-corrected chi connectivity index (χ4v) is 4.12. The Morgan fingerprint density at radius 1 is 0.941 bits per heavy atom. The number of ether oxygens (including phenoxy) is 1. The minimum atomic E-state index is -0.536. The first-order valence-corrected chi connectivity index (χ1v) is 10.9. The molecule has 0 bridgehead atoms. The molecule has 1 aliphatic heterocycles. The van der Waals surface area contributed by atoms with Crippen LogP contribution in [-0.4, -0.2) is 29.1 Å². The van der Waals surface area contributed by atoms with E-state index in [0.717, 1.165) is 0 Å². The van der Waals surface area contributed by atoms with Crippen molar-refractivity contribution in [2.75, 3.05) is 16.9 Å². The van der Waals surface area contributed by atoms with E-state index in [4.69, 9.17) is 17.0 Å². The molecule has 0 atom stereocenters. The number of phenolic OH excluding ortho intramolecular Hbond substituents is 1. The number of allylic oxidation sites excluding steroid dienone is 1. The minimum absolute atomic E-state index is 0.0103. The molecule has 0 radical (unpaired) electrons. The lowest BCUT2D eigenvalue weighted by Gasteiger charge is -2.36. The molecule has 3 aromatic rings. The molecule has 1 N–H and O–H groups in total. The molecule has 0 saturated carbocycles. The lowest BCUT2D eigenvalue weighted by molar-refractivity contribution is -0.120.